The molecule has 1 aliphatic heterocycles. The highest BCUT2D eigenvalue weighted by Gasteiger charge is 2.25. The Labute approximate surface area is 164 Å². The van der Waals surface area contributed by atoms with E-state index in [0.717, 1.165) is 0 Å². The van der Waals surface area contributed by atoms with Crippen LogP contribution in [0.2, 0.25) is 0 Å². The van der Waals surface area contributed by atoms with Crippen molar-refractivity contribution in [2.24, 2.45) is 11.7 Å². The van der Waals surface area contributed by atoms with Crippen molar-refractivity contribution in [1.82, 2.24) is 15.0 Å². The lowest BCUT2D eigenvalue weighted by Crippen LogP contribution is -2.40. The summed E-state index contributed by atoms with van der Waals surface area (Å²) < 4.78 is 5.04. The van der Waals surface area contributed by atoms with E-state index in [9.17, 15) is 19.5 Å². The van der Waals surface area contributed by atoms with Crippen LogP contribution in [0.25, 0.3) is 22.3 Å². The maximum absolute atomic E-state index is 12.5. The van der Waals surface area contributed by atoms with Crippen LogP contribution in [0.15, 0.2) is 32.2 Å². The van der Waals surface area contributed by atoms with Crippen molar-refractivity contribution in [3.63, 3.8) is 0 Å². The molecule has 10 heteroatoms. The third kappa shape index (κ3) is 3.44. The van der Waals surface area contributed by atoms with Crippen molar-refractivity contribution in [3.8, 4) is 17.0 Å². The molecular formula is C19H19N5O5. The predicted octanol–water partition coefficient (Wildman–Crippen LogP) is 0.654. The lowest BCUT2D eigenvalue weighted by molar-refractivity contribution is -0.122. The molecule has 4 heterocycles. The van der Waals surface area contributed by atoms with Gasteiger partial charge < -0.3 is 20.2 Å². The number of pyridine rings is 1. The average molecular weight is 397 g/mol. The summed E-state index contributed by atoms with van der Waals surface area (Å²) in [4.78, 5) is 49.3. The van der Waals surface area contributed by atoms with Crippen LogP contribution in [-0.2, 0) is 4.79 Å². The summed E-state index contributed by atoms with van der Waals surface area (Å²) >= 11 is 0. The van der Waals surface area contributed by atoms with Crippen molar-refractivity contribution in [3.05, 3.63) is 44.7 Å². The highest BCUT2D eigenvalue weighted by atomic mass is 16.4. The number of carbonyl (C=O) groups excluding carboxylic acids is 1. The second-order valence-corrected chi connectivity index (χ2v) is 7.03. The number of nitrogens with two attached hydrogens (primary N) is 1. The minimum Gasteiger partial charge on any atom is -0.507 e. The number of aromatic amines is 1. The van der Waals surface area contributed by atoms with E-state index in [1.807, 2.05) is 4.90 Å². The van der Waals surface area contributed by atoms with Crippen molar-refractivity contribution in [2.45, 2.75) is 19.8 Å². The van der Waals surface area contributed by atoms with Crippen LogP contribution in [0.4, 0.5) is 5.95 Å². The van der Waals surface area contributed by atoms with E-state index in [2.05, 4.69) is 15.0 Å². The monoisotopic (exact) mass is 397 g/mol. The zero-order chi connectivity index (χ0) is 20.7. The van der Waals surface area contributed by atoms with Gasteiger partial charge in [-0.3, -0.25) is 14.6 Å². The molecule has 0 aromatic carbocycles. The number of aromatic nitrogens is 3. The standard InChI is InChI=1S/C19H19N5O5/c1-9-8-13(25)14(18(28)29-9)12-3-2-11-16(21-12)22-19(23-17(11)27)24-6-4-10(5-7-24)15(20)26/h2-3,8,10,25H,4-7H2,1H3,(H2,20,26)(H,21,22,23,27). The smallest absolute Gasteiger partial charge is 0.349 e. The van der Waals surface area contributed by atoms with Crippen LogP contribution in [-0.4, -0.2) is 39.1 Å². The third-order valence-corrected chi connectivity index (χ3v) is 5.06. The fourth-order valence-electron chi connectivity index (χ4n) is 3.50. The van der Waals surface area contributed by atoms with E-state index in [4.69, 9.17) is 10.2 Å². The number of aromatic hydroxyl groups is 1. The van der Waals surface area contributed by atoms with Crippen molar-refractivity contribution in [1.29, 1.82) is 0 Å². The molecule has 0 radical (unpaired) electrons. The molecule has 1 amide bonds. The Morgan fingerprint density at radius 3 is 2.66 bits per heavy atom. The highest BCUT2D eigenvalue weighted by molar-refractivity contribution is 5.79. The minimum absolute atomic E-state index is 0.0941. The molecule has 3 aromatic heterocycles. The van der Waals surface area contributed by atoms with Crippen LogP contribution in [0.3, 0.4) is 0 Å². The van der Waals surface area contributed by atoms with Gasteiger partial charge in [0.15, 0.2) is 5.65 Å². The Kier molecular flexibility index (Phi) is 4.53. The summed E-state index contributed by atoms with van der Waals surface area (Å²) in [6.07, 6.45) is 1.14. The van der Waals surface area contributed by atoms with Gasteiger partial charge in [-0.15, -0.1) is 0 Å². The number of hydrogen-bond acceptors (Lipinski definition) is 8. The van der Waals surface area contributed by atoms with Crippen LogP contribution in [0.5, 0.6) is 5.75 Å². The molecule has 0 aliphatic carbocycles. The van der Waals surface area contributed by atoms with E-state index in [0.29, 0.717) is 31.9 Å². The lowest BCUT2D eigenvalue weighted by Gasteiger charge is -2.30. The molecule has 29 heavy (non-hydrogen) atoms. The number of amides is 1. The van der Waals surface area contributed by atoms with Gasteiger partial charge in [-0.1, -0.05) is 0 Å². The molecule has 10 nitrogen and oxygen atoms in total. The Bertz CT molecular complexity index is 1220. The summed E-state index contributed by atoms with van der Waals surface area (Å²) in [5.41, 5.74) is 4.45. The fourth-order valence-corrected chi connectivity index (χ4v) is 3.50. The van der Waals surface area contributed by atoms with Crippen LogP contribution in [0.1, 0.15) is 18.6 Å². The normalized spacial score (nSPS) is 15.0. The van der Waals surface area contributed by atoms with Crippen LogP contribution in [0, 0.1) is 12.8 Å². The summed E-state index contributed by atoms with van der Waals surface area (Å²) in [5, 5.41) is 10.4. The first-order chi connectivity index (χ1) is 13.8. The summed E-state index contributed by atoms with van der Waals surface area (Å²) in [6.45, 7) is 2.58. The van der Waals surface area contributed by atoms with E-state index in [-0.39, 0.29) is 51.2 Å². The quantitative estimate of drug-likeness (QED) is 0.582. The molecule has 3 aromatic rings. The Morgan fingerprint density at radius 1 is 1.28 bits per heavy atom. The number of nitrogens with one attached hydrogen (secondary N) is 1. The zero-order valence-corrected chi connectivity index (χ0v) is 15.6. The first kappa shape index (κ1) is 18.7. The maximum Gasteiger partial charge on any atom is 0.349 e. The molecule has 150 valence electrons. The first-order valence-corrected chi connectivity index (χ1v) is 9.13. The molecule has 0 spiro atoms. The topological polar surface area (TPSA) is 155 Å². The van der Waals surface area contributed by atoms with Gasteiger partial charge in [-0.2, -0.15) is 4.98 Å². The first-order valence-electron chi connectivity index (χ1n) is 9.13. The van der Waals surface area contributed by atoms with E-state index < -0.39 is 5.63 Å². The molecule has 1 fully saturated rings. The lowest BCUT2D eigenvalue weighted by atomic mass is 9.96. The highest BCUT2D eigenvalue weighted by Crippen LogP contribution is 2.26. The zero-order valence-electron chi connectivity index (χ0n) is 15.6. The molecule has 0 atom stereocenters. The third-order valence-electron chi connectivity index (χ3n) is 5.06. The number of H-pyrrole nitrogens is 1. The Hall–Kier alpha value is -3.69. The Morgan fingerprint density at radius 2 is 2.00 bits per heavy atom. The molecule has 1 saturated heterocycles. The predicted molar refractivity (Wildman–Crippen MR) is 105 cm³/mol. The molecule has 4 N–H and O–H groups in total. The SMILES string of the molecule is Cc1cc(O)c(-c2ccc3c(=O)[nH]c(N4CCC(C(N)=O)CC4)nc3n2)c(=O)o1. The number of hydrogen-bond donors (Lipinski definition) is 3. The van der Waals surface area contributed by atoms with Gasteiger partial charge in [0.05, 0.1) is 11.1 Å². The number of anilines is 1. The second kappa shape index (κ2) is 7.04. The summed E-state index contributed by atoms with van der Waals surface area (Å²) in [6, 6.07) is 4.27. The molecule has 0 bridgehead atoms. The van der Waals surface area contributed by atoms with Crippen LogP contribution < -0.4 is 21.8 Å². The number of primary amides is 1. The summed E-state index contributed by atoms with van der Waals surface area (Å²) in [5.74, 6) is -0.174. The number of carbonyl (C=O) groups is 1. The minimum atomic E-state index is -0.729. The van der Waals surface area contributed by atoms with E-state index in [1.165, 1.54) is 18.2 Å². The second-order valence-electron chi connectivity index (χ2n) is 7.03. The number of piperidine rings is 1. The molecular weight excluding hydrogens is 378 g/mol. The maximum atomic E-state index is 12.5. The van der Waals surface area contributed by atoms with Gasteiger partial charge >= 0.3 is 5.63 Å². The number of aryl methyl sites for hydroxylation is 1. The van der Waals surface area contributed by atoms with Gasteiger partial charge in [0.25, 0.3) is 5.56 Å². The van der Waals surface area contributed by atoms with E-state index >= 15 is 0 Å². The number of rotatable bonds is 3. The molecule has 0 unspecified atom stereocenters. The molecule has 0 saturated carbocycles. The van der Waals surface area contributed by atoms with Gasteiger partial charge in [0, 0.05) is 25.1 Å². The largest absolute Gasteiger partial charge is 0.507 e. The van der Waals surface area contributed by atoms with Crippen LogP contribution >= 0.6 is 0 Å². The van der Waals surface area contributed by atoms with Crippen molar-refractivity contribution in [2.75, 3.05) is 18.0 Å². The fraction of sp³-hybridized carbons (Fsp3) is 0.316. The van der Waals surface area contributed by atoms with Gasteiger partial charge in [-0.05, 0) is 31.9 Å². The molecule has 4 rings (SSSR count). The molecule has 1 aliphatic rings. The number of fused-ring (bicyclic) bond motifs is 1. The van der Waals surface area contributed by atoms with E-state index in [1.54, 1.807) is 6.92 Å². The van der Waals surface area contributed by atoms with Gasteiger partial charge in [-0.25, -0.2) is 9.78 Å². The Balaban J connectivity index is 1.75. The van der Waals surface area contributed by atoms with Crippen molar-refractivity contribution < 1.29 is 14.3 Å². The average Bonchev–Trinajstić information content (AvgIpc) is 2.67. The number of nitrogens with zero attached hydrogens (tertiary/aromatic N) is 3. The van der Waals surface area contributed by atoms with Gasteiger partial charge in [0.2, 0.25) is 11.9 Å². The van der Waals surface area contributed by atoms with Crippen molar-refractivity contribution >= 4 is 22.9 Å². The van der Waals surface area contributed by atoms with Gasteiger partial charge in [0.1, 0.15) is 17.1 Å². The summed E-state index contributed by atoms with van der Waals surface area (Å²) in [7, 11) is 0.